The number of rotatable bonds is 2. The van der Waals surface area contributed by atoms with Crippen molar-refractivity contribution in [1.82, 2.24) is 29.9 Å². The third-order valence-corrected chi connectivity index (χ3v) is 5.81. The number of fused-ring (bicyclic) bond motifs is 8. The molecule has 0 aliphatic carbocycles. The smallest absolute Gasteiger partial charge is 0.110 e. The Kier molecular flexibility index (Phi) is 7.25. The molecule has 6 heterocycles. The van der Waals surface area contributed by atoms with Crippen molar-refractivity contribution in [3.05, 3.63) is 125 Å². The molecule has 0 saturated carbocycles. The Morgan fingerprint density at radius 2 is 1.03 bits per heavy atom. The van der Waals surface area contributed by atoms with Gasteiger partial charge in [-0.3, -0.25) is 0 Å². The van der Waals surface area contributed by atoms with Gasteiger partial charge in [0.15, 0.2) is 0 Å². The molecule has 0 amide bonds. The van der Waals surface area contributed by atoms with E-state index in [2.05, 4.69) is 66.3 Å². The molecule has 2 aliphatic heterocycles. The first-order chi connectivity index (χ1) is 17.7. The average Bonchev–Trinajstić information content (AvgIpc) is 3.70. The number of nitrogens with one attached hydrogen (secondary N) is 3. The Labute approximate surface area is 224 Å². The zero-order chi connectivity index (χ0) is 24.2. The molecule has 0 saturated heterocycles. The van der Waals surface area contributed by atoms with Crippen molar-refractivity contribution in [3.63, 3.8) is 0 Å². The molecule has 0 spiro atoms. The summed E-state index contributed by atoms with van der Waals surface area (Å²) in [4.78, 5) is 23.3. The summed E-state index contributed by atoms with van der Waals surface area (Å²) in [6, 6.07) is 26.7. The number of benzene rings is 1. The number of imidazole rings is 1. The van der Waals surface area contributed by atoms with E-state index in [9.17, 15) is 0 Å². The SMILES string of the molecule is C1=Cc2cc3ccc(cc4nc(cc5ccc(cc1n2)[nH]5)C=C4)[nH]3.[Co].c1ccc(Cc2ncc[nH]2)cc1. The minimum absolute atomic E-state index is 0. The fourth-order valence-electron chi connectivity index (χ4n) is 4.13. The molecular weight excluding hydrogens is 503 g/mol. The first-order valence-electron chi connectivity index (χ1n) is 11.8. The Morgan fingerprint density at radius 1 is 0.568 bits per heavy atom. The predicted octanol–water partition coefficient (Wildman–Crippen LogP) is 6.65. The molecule has 7 heteroatoms. The van der Waals surface area contributed by atoms with Crippen LogP contribution in [0.25, 0.3) is 46.4 Å². The molecule has 5 aromatic rings. The number of hydrogen-bond acceptors (Lipinski definition) is 3. The fraction of sp³-hybridized carbons (Fsp3) is 0.0333. The molecule has 1 aromatic carbocycles. The van der Waals surface area contributed by atoms with Gasteiger partial charge in [0.2, 0.25) is 0 Å². The fourth-order valence-corrected chi connectivity index (χ4v) is 4.13. The Bertz CT molecular complexity index is 1530. The first-order valence-corrected chi connectivity index (χ1v) is 11.8. The maximum atomic E-state index is 4.63. The van der Waals surface area contributed by atoms with Crippen molar-refractivity contribution >= 4 is 46.4 Å². The molecule has 0 atom stereocenters. The van der Waals surface area contributed by atoms with E-state index in [1.54, 1.807) is 6.20 Å². The van der Waals surface area contributed by atoms with E-state index in [0.29, 0.717) is 0 Å². The molecule has 2 aliphatic rings. The quantitative estimate of drug-likeness (QED) is 0.235. The average molecular weight is 527 g/mol. The number of hydrogen-bond donors (Lipinski definition) is 3. The molecule has 37 heavy (non-hydrogen) atoms. The van der Waals surface area contributed by atoms with Crippen LogP contribution < -0.4 is 0 Å². The summed E-state index contributed by atoms with van der Waals surface area (Å²) in [5.41, 5.74) is 9.15. The van der Waals surface area contributed by atoms with Crippen LogP contribution in [0.4, 0.5) is 0 Å². The van der Waals surface area contributed by atoms with Gasteiger partial charge < -0.3 is 15.0 Å². The predicted molar refractivity (Wildman–Crippen MR) is 147 cm³/mol. The summed E-state index contributed by atoms with van der Waals surface area (Å²) in [6.45, 7) is 0. The van der Waals surface area contributed by atoms with Crippen molar-refractivity contribution in [1.29, 1.82) is 0 Å². The van der Waals surface area contributed by atoms with E-state index in [-0.39, 0.29) is 16.8 Å². The van der Waals surface area contributed by atoms with Gasteiger partial charge in [-0.25, -0.2) is 15.0 Å². The van der Waals surface area contributed by atoms with E-state index < -0.39 is 0 Å². The van der Waals surface area contributed by atoms with Gasteiger partial charge in [0.1, 0.15) is 5.82 Å². The second-order valence-corrected chi connectivity index (χ2v) is 8.60. The minimum atomic E-state index is 0. The maximum absolute atomic E-state index is 4.63. The van der Waals surface area contributed by atoms with Crippen LogP contribution in [0.5, 0.6) is 0 Å². The van der Waals surface area contributed by atoms with Crippen molar-refractivity contribution in [3.8, 4) is 0 Å². The van der Waals surface area contributed by atoms with Gasteiger partial charge >= 0.3 is 0 Å². The van der Waals surface area contributed by atoms with Gasteiger partial charge in [-0.2, -0.15) is 0 Å². The standard InChI is InChI=1S/C20H14N4.C10H10N2.Co/c1-2-14-10-16-5-6-18(23-16)12-20-8-7-19(24-20)11-17-4-3-15(22-17)9-13(1)21-14;1-2-4-9(5-3-1)8-10-11-6-7-12-10;/h1-12,21,24H;1-7H,8H2,(H,11,12);. The maximum Gasteiger partial charge on any atom is 0.110 e. The van der Waals surface area contributed by atoms with E-state index >= 15 is 0 Å². The van der Waals surface area contributed by atoms with E-state index in [0.717, 1.165) is 57.1 Å². The first kappa shape index (κ1) is 24.2. The molecular formula is C30H24CoN6. The van der Waals surface area contributed by atoms with E-state index in [1.165, 1.54) is 5.56 Å². The number of nitrogens with zero attached hydrogens (tertiary/aromatic N) is 3. The molecule has 4 aromatic heterocycles. The van der Waals surface area contributed by atoms with Crippen LogP contribution in [0.15, 0.2) is 91.3 Å². The molecule has 6 nitrogen and oxygen atoms in total. The van der Waals surface area contributed by atoms with Crippen LogP contribution in [0.3, 0.4) is 0 Å². The van der Waals surface area contributed by atoms with Crippen LogP contribution in [-0.2, 0) is 23.2 Å². The normalized spacial score (nSPS) is 11.5. The third-order valence-electron chi connectivity index (χ3n) is 5.81. The second-order valence-electron chi connectivity index (χ2n) is 8.60. The summed E-state index contributed by atoms with van der Waals surface area (Å²) in [5.74, 6) is 1.02. The van der Waals surface area contributed by atoms with Gasteiger partial charge in [-0.15, -0.1) is 0 Å². The van der Waals surface area contributed by atoms with Crippen molar-refractivity contribution in [2.24, 2.45) is 0 Å². The Morgan fingerprint density at radius 3 is 1.43 bits per heavy atom. The molecule has 0 unspecified atom stereocenters. The summed E-state index contributed by atoms with van der Waals surface area (Å²) >= 11 is 0. The number of aromatic amines is 3. The van der Waals surface area contributed by atoms with Crippen molar-refractivity contribution in [2.75, 3.05) is 0 Å². The monoisotopic (exact) mass is 527 g/mol. The van der Waals surface area contributed by atoms with Crippen LogP contribution in [0.1, 0.15) is 34.2 Å². The van der Waals surface area contributed by atoms with Crippen LogP contribution in [-0.4, -0.2) is 29.9 Å². The Hall–Kier alpha value is -4.46. The van der Waals surface area contributed by atoms with Gasteiger partial charge in [-0.1, -0.05) is 30.3 Å². The summed E-state index contributed by atoms with van der Waals surface area (Å²) < 4.78 is 0. The third kappa shape index (κ3) is 6.21. The molecule has 0 fully saturated rings. The number of aromatic nitrogens is 6. The van der Waals surface area contributed by atoms with Crippen LogP contribution in [0.2, 0.25) is 0 Å². The van der Waals surface area contributed by atoms with Crippen LogP contribution in [0, 0.1) is 0 Å². The van der Waals surface area contributed by atoms with Crippen molar-refractivity contribution in [2.45, 2.75) is 6.42 Å². The van der Waals surface area contributed by atoms with Gasteiger partial charge in [-0.05, 0) is 78.4 Å². The van der Waals surface area contributed by atoms with E-state index in [1.807, 2.05) is 73.0 Å². The number of H-pyrrole nitrogens is 3. The topological polar surface area (TPSA) is 86.0 Å². The molecule has 183 valence electrons. The molecule has 8 bridgehead atoms. The second kappa shape index (κ2) is 11.1. The molecule has 7 rings (SSSR count). The Balaban J connectivity index is 0.000000183. The zero-order valence-electron chi connectivity index (χ0n) is 19.9. The largest absolute Gasteiger partial charge is 0.355 e. The summed E-state index contributed by atoms with van der Waals surface area (Å²) in [7, 11) is 0. The molecule has 3 N–H and O–H groups in total. The van der Waals surface area contributed by atoms with Gasteiger partial charge in [0.25, 0.3) is 0 Å². The van der Waals surface area contributed by atoms with Crippen molar-refractivity contribution < 1.29 is 16.8 Å². The summed E-state index contributed by atoms with van der Waals surface area (Å²) in [6.07, 6.45) is 12.6. The summed E-state index contributed by atoms with van der Waals surface area (Å²) in [5, 5.41) is 0. The zero-order valence-corrected chi connectivity index (χ0v) is 20.9. The van der Waals surface area contributed by atoms with Crippen LogP contribution >= 0.6 is 0 Å². The van der Waals surface area contributed by atoms with Gasteiger partial charge in [0.05, 0.1) is 22.8 Å². The van der Waals surface area contributed by atoms with E-state index in [4.69, 9.17) is 0 Å². The minimum Gasteiger partial charge on any atom is -0.355 e. The van der Waals surface area contributed by atoms with Gasteiger partial charge in [0, 0.05) is 57.7 Å². The molecule has 1 radical (unpaired) electrons.